The van der Waals surface area contributed by atoms with Gasteiger partial charge in [0.05, 0.1) is 31.1 Å². The quantitative estimate of drug-likeness (QED) is 0.412. The van der Waals surface area contributed by atoms with Crippen molar-refractivity contribution in [1.29, 1.82) is 0 Å². The molecule has 0 saturated carbocycles. The van der Waals surface area contributed by atoms with Crippen molar-refractivity contribution < 1.29 is 9.53 Å². The molecule has 1 aromatic heterocycles. The number of carbonyl (C=O) groups is 1. The lowest BCUT2D eigenvalue weighted by atomic mass is 10.0. The van der Waals surface area contributed by atoms with Crippen LogP contribution in [0.3, 0.4) is 0 Å². The molecule has 0 unspecified atom stereocenters. The van der Waals surface area contributed by atoms with Crippen LogP contribution in [0.2, 0.25) is 0 Å². The number of carbonyl (C=O) groups excluding carboxylic acids is 1. The summed E-state index contributed by atoms with van der Waals surface area (Å²) in [4.78, 5) is 20.6. The molecular formula is C27H25N3O2. The average Bonchev–Trinajstić information content (AvgIpc) is 3.25. The van der Waals surface area contributed by atoms with Gasteiger partial charge in [0.15, 0.2) is 5.78 Å². The molecule has 3 aromatic carbocycles. The number of morpholine rings is 1. The second-order valence-electron chi connectivity index (χ2n) is 7.82. The van der Waals surface area contributed by atoms with Gasteiger partial charge in [-0.2, -0.15) is 0 Å². The van der Waals surface area contributed by atoms with E-state index in [0.717, 1.165) is 41.6 Å². The minimum atomic E-state index is 0.0642. The van der Waals surface area contributed by atoms with E-state index in [2.05, 4.69) is 33.7 Å². The maximum atomic E-state index is 13.3. The van der Waals surface area contributed by atoms with E-state index in [4.69, 9.17) is 9.72 Å². The second-order valence-corrected chi connectivity index (χ2v) is 7.82. The predicted octanol–water partition coefficient (Wildman–Crippen LogP) is 4.94. The van der Waals surface area contributed by atoms with Gasteiger partial charge in [-0.05, 0) is 0 Å². The molecule has 0 amide bonds. The summed E-state index contributed by atoms with van der Waals surface area (Å²) >= 11 is 0. The van der Waals surface area contributed by atoms with Crippen LogP contribution in [0, 0.1) is 0 Å². The molecule has 5 rings (SSSR count). The SMILES string of the molecule is O=C(Cn1c(N2CCOCC2)nc(-c2ccccc2)c1-c1ccccc1)c1ccccc1. The molecule has 0 N–H and O–H groups in total. The molecule has 1 aliphatic rings. The van der Waals surface area contributed by atoms with E-state index in [1.165, 1.54) is 0 Å². The molecule has 0 bridgehead atoms. The summed E-state index contributed by atoms with van der Waals surface area (Å²) in [7, 11) is 0. The van der Waals surface area contributed by atoms with Gasteiger partial charge in [0.2, 0.25) is 5.95 Å². The number of nitrogens with zero attached hydrogens (tertiary/aromatic N) is 3. The van der Waals surface area contributed by atoms with Gasteiger partial charge in [-0.15, -0.1) is 0 Å². The van der Waals surface area contributed by atoms with Crippen molar-refractivity contribution in [2.75, 3.05) is 31.2 Å². The molecule has 160 valence electrons. The lowest BCUT2D eigenvalue weighted by molar-refractivity contribution is 0.0971. The standard InChI is InChI=1S/C27H25N3O2/c31-24(21-10-4-1-5-11-21)20-30-26(23-14-8-3-9-15-23)25(22-12-6-2-7-13-22)28-27(30)29-16-18-32-19-17-29/h1-15H,16-20H2. The lowest BCUT2D eigenvalue weighted by Crippen LogP contribution is -2.38. The van der Waals surface area contributed by atoms with Gasteiger partial charge in [-0.1, -0.05) is 91.0 Å². The number of ether oxygens (including phenoxy) is 1. The molecule has 4 aromatic rings. The summed E-state index contributed by atoms with van der Waals surface area (Å²) in [5, 5.41) is 0. The summed E-state index contributed by atoms with van der Waals surface area (Å²) in [6.45, 7) is 3.03. The third-order valence-corrected chi connectivity index (χ3v) is 5.73. The third kappa shape index (κ3) is 4.07. The fourth-order valence-electron chi connectivity index (χ4n) is 4.14. The molecule has 0 radical (unpaired) electrons. The van der Waals surface area contributed by atoms with Gasteiger partial charge in [0, 0.05) is 29.8 Å². The summed E-state index contributed by atoms with van der Waals surface area (Å²) in [5.74, 6) is 0.879. The van der Waals surface area contributed by atoms with Gasteiger partial charge < -0.3 is 14.2 Å². The molecule has 1 aliphatic heterocycles. The Morgan fingerprint density at radius 1 is 0.781 bits per heavy atom. The van der Waals surface area contributed by atoms with Gasteiger partial charge >= 0.3 is 0 Å². The van der Waals surface area contributed by atoms with Crippen LogP contribution < -0.4 is 4.90 Å². The zero-order valence-electron chi connectivity index (χ0n) is 17.9. The molecule has 0 spiro atoms. The van der Waals surface area contributed by atoms with E-state index in [1.807, 2.05) is 66.7 Å². The highest BCUT2D eigenvalue weighted by molar-refractivity contribution is 5.97. The lowest BCUT2D eigenvalue weighted by Gasteiger charge is -2.28. The topological polar surface area (TPSA) is 47.4 Å². The van der Waals surface area contributed by atoms with Crippen LogP contribution in [0.1, 0.15) is 10.4 Å². The van der Waals surface area contributed by atoms with E-state index in [0.29, 0.717) is 18.8 Å². The normalized spacial score (nSPS) is 13.8. The molecule has 1 saturated heterocycles. The summed E-state index contributed by atoms with van der Waals surface area (Å²) in [6.07, 6.45) is 0. The van der Waals surface area contributed by atoms with Crippen LogP contribution >= 0.6 is 0 Å². The number of rotatable bonds is 6. The largest absolute Gasteiger partial charge is 0.378 e. The minimum Gasteiger partial charge on any atom is -0.378 e. The zero-order chi connectivity index (χ0) is 21.8. The van der Waals surface area contributed by atoms with Gasteiger partial charge in [0.1, 0.15) is 0 Å². The van der Waals surface area contributed by atoms with E-state index >= 15 is 0 Å². The van der Waals surface area contributed by atoms with Crippen LogP contribution in [-0.4, -0.2) is 41.6 Å². The Kier molecular flexibility index (Phi) is 5.81. The number of ketones is 1. The molecule has 32 heavy (non-hydrogen) atoms. The monoisotopic (exact) mass is 423 g/mol. The Bertz CT molecular complexity index is 1180. The van der Waals surface area contributed by atoms with Crippen LogP contribution in [0.25, 0.3) is 22.5 Å². The number of hydrogen-bond donors (Lipinski definition) is 0. The van der Waals surface area contributed by atoms with E-state index in [-0.39, 0.29) is 12.3 Å². The Hall–Kier alpha value is -3.70. The molecule has 5 nitrogen and oxygen atoms in total. The van der Waals surface area contributed by atoms with Gasteiger partial charge in [0.25, 0.3) is 0 Å². The number of anilines is 1. The van der Waals surface area contributed by atoms with Gasteiger partial charge in [-0.3, -0.25) is 4.79 Å². The predicted molar refractivity (Wildman–Crippen MR) is 127 cm³/mol. The Morgan fingerprint density at radius 3 is 1.97 bits per heavy atom. The van der Waals surface area contributed by atoms with Crippen molar-refractivity contribution in [1.82, 2.24) is 9.55 Å². The van der Waals surface area contributed by atoms with Crippen molar-refractivity contribution in [3.8, 4) is 22.5 Å². The maximum Gasteiger partial charge on any atom is 0.207 e. The first kappa shape index (κ1) is 20.2. The number of hydrogen-bond acceptors (Lipinski definition) is 4. The van der Waals surface area contributed by atoms with Crippen LogP contribution in [0.4, 0.5) is 5.95 Å². The first-order valence-corrected chi connectivity index (χ1v) is 10.9. The van der Waals surface area contributed by atoms with Crippen molar-refractivity contribution in [3.63, 3.8) is 0 Å². The molecule has 1 fully saturated rings. The highest BCUT2D eigenvalue weighted by atomic mass is 16.5. The maximum absolute atomic E-state index is 13.3. The molecular weight excluding hydrogens is 398 g/mol. The number of aromatic nitrogens is 2. The first-order valence-electron chi connectivity index (χ1n) is 10.9. The van der Waals surface area contributed by atoms with E-state index in [9.17, 15) is 4.79 Å². The van der Waals surface area contributed by atoms with Crippen LogP contribution in [0.5, 0.6) is 0 Å². The molecule has 0 aliphatic carbocycles. The fourth-order valence-corrected chi connectivity index (χ4v) is 4.14. The molecule has 2 heterocycles. The summed E-state index contributed by atoms with van der Waals surface area (Å²) < 4.78 is 7.65. The fraction of sp³-hybridized carbons (Fsp3) is 0.185. The van der Waals surface area contributed by atoms with Gasteiger partial charge in [-0.25, -0.2) is 4.98 Å². The highest BCUT2D eigenvalue weighted by Gasteiger charge is 2.26. The number of imidazole rings is 1. The highest BCUT2D eigenvalue weighted by Crippen LogP contribution is 2.36. The van der Waals surface area contributed by atoms with E-state index in [1.54, 1.807) is 0 Å². The Morgan fingerprint density at radius 2 is 1.34 bits per heavy atom. The minimum absolute atomic E-state index is 0.0642. The van der Waals surface area contributed by atoms with Crippen LogP contribution in [0.15, 0.2) is 91.0 Å². The Balaban J connectivity index is 1.69. The number of Topliss-reactive ketones (excluding diaryl/α,β-unsaturated/α-hetero) is 1. The van der Waals surface area contributed by atoms with Crippen molar-refractivity contribution in [2.45, 2.75) is 6.54 Å². The second kappa shape index (κ2) is 9.20. The van der Waals surface area contributed by atoms with Crippen molar-refractivity contribution >= 4 is 11.7 Å². The molecule has 5 heteroatoms. The Labute approximate surface area is 187 Å². The van der Waals surface area contributed by atoms with Crippen LogP contribution in [-0.2, 0) is 11.3 Å². The summed E-state index contributed by atoms with van der Waals surface area (Å²) in [6, 6.07) is 29.9. The zero-order valence-corrected chi connectivity index (χ0v) is 17.9. The average molecular weight is 424 g/mol. The van der Waals surface area contributed by atoms with E-state index < -0.39 is 0 Å². The van der Waals surface area contributed by atoms with Crippen molar-refractivity contribution in [3.05, 3.63) is 96.6 Å². The van der Waals surface area contributed by atoms with Crippen molar-refractivity contribution in [2.24, 2.45) is 0 Å². The summed E-state index contributed by atoms with van der Waals surface area (Å²) in [5.41, 5.74) is 4.63. The first-order chi connectivity index (χ1) is 15.8. The smallest absolute Gasteiger partial charge is 0.207 e. The third-order valence-electron chi connectivity index (χ3n) is 5.73. The molecule has 0 atom stereocenters. The number of benzene rings is 3.